The van der Waals surface area contributed by atoms with E-state index in [-0.39, 0.29) is 11.6 Å². The number of nitrogens with one attached hydrogen (secondary N) is 1. The topological polar surface area (TPSA) is 90.0 Å². The van der Waals surface area contributed by atoms with E-state index in [4.69, 9.17) is 6.57 Å². The van der Waals surface area contributed by atoms with Crippen molar-refractivity contribution < 1.29 is 0 Å². The second-order valence-corrected chi connectivity index (χ2v) is 8.47. The van der Waals surface area contributed by atoms with Crippen LogP contribution in [-0.4, -0.2) is 24.5 Å². The Bertz CT molecular complexity index is 1690. The number of hydrogen-bond donors (Lipinski definition) is 1. The molecule has 0 unspecified atom stereocenters. The van der Waals surface area contributed by atoms with Crippen molar-refractivity contribution in [1.82, 2.24) is 24.5 Å². The van der Waals surface area contributed by atoms with Gasteiger partial charge in [-0.2, -0.15) is 0 Å². The molecular weight excluding hydrogens is 450 g/mol. The van der Waals surface area contributed by atoms with Gasteiger partial charge in [0.25, 0.3) is 5.56 Å². The number of aryl methyl sites for hydroxylation is 2. The van der Waals surface area contributed by atoms with Crippen molar-refractivity contribution >= 4 is 22.3 Å². The smallest absolute Gasteiger partial charge is 0.264 e. The molecule has 0 saturated heterocycles. The fourth-order valence-electron chi connectivity index (χ4n) is 4.24. The Morgan fingerprint density at radius 3 is 2.56 bits per heavy atom. The highest BCUT2D eigenvalue weighted by Gasteiger charge is 2.20. The summed E-state index contributed by atoms with van der Waals surface area (Å²) < 4.78 is 1.70. The summed E-state index contributed by atoms with van der Waals surface area (Å²) in [4.78, 5) is 35.2. The van der Waals surface area contributed by atoms with E-state index in [1.54, 1.807) is 17.7 Å². The summed E-state index contributed by atoms with van der Waals surface area (Å²) in [5, 5.41) is 4.65. The number of anilines is 1. The lowest BCUT2D eigenvalue weighted by Crippen LogP contribution is -2.26. The normalized spacial score (nSPS) is 11.7. The molecule has 0 aliphatic heterocycles. The van der Waals surface area contributed by atoms with E-state index in [0.29, 0.717) is 34.1 Å². The zero-order valence-electron chi connectivity index (χ0n) is 20.1. The Morgan fingerprint density at radius 2 is 1.81 bits per heavy atom. The average Bonchev–Trinajstić information content (AvgIpc) is 2.89. The number of para-hydroxylation sites is 1. The molecule has 3 aromatic heterocycles. The van der Waals surface area contributed by atoms with E-state index in [1.165, 1.54) is 6.20 Å². The van der Waals surface area contributed by atoms with Crippen LogP contribution in [-0.2, 0) is 0 Å². The first-order valence-electron chi connectivity index (χ1n) is 11.5. The lowest BCUT2D eigenvalue weighted by Gasteiger charge is -2.22. The van der Waals surface area contributed by atoms with Crippen molar-refractivity contribution in [3.05, 3.63) is 112 Å². The fourth-order valence-corrected chi connectivity index (χ4v) is 4.24. The molecule has 176 valence electrons. The third-order valence-corrected chi connectivity index (χ3v) is 5.93. The summed E-state index contributed by atoms with van der Waals surface area (Å²) in [5.74, 6) is 1.49. The van der Waals surface area contributed by atoms with Crippen LogP contribution in [0.25, 0.3) is 32.7 Å². The number of nitrogens with zero attached hydrogens (tertiary/aromatic N) is 6. The lowest BCUT2D eigenvalue weighted by atomic mass is 10.0. The average molecular weight is 474 g/mol. The summed E-state index contributed by atoms with van der Waals surface area (Å²) in [5.41, 5.74) is 3.11. The van der Waals surface area contributed by atoms with Gasteiger partial charge in [-0.3, -0.25) is 14.3 Å². The Hall–Kier alpha value is -4.90. The zero-order chi connectivity index (χ0) is 25.2. The Kier molecular flexibility index (Phi) is 5.97. The van der Waals surface area contributed by atoms with Crippen LogP contribution in [0.15, 0.2) is 77.9 Å². The largest absolute Gasteiger partial charge is 0.371 e. The van der Waals surface area contributed by atoms with Gasteiger partial charge >= 0.3 is 0 Å². The van der Waals surface area contributed by atoms with Crippen LogP contribution >= 0.6 is 0 Å². The highest BCUT2D eigenvalue weighted by atomic mass is 16.1. The molecule has 0 radical (unpaired) electrons. The molecule has 0 aliphatic carbocycles. The van der Waals surface area contributed by atoms with E-state index < -0.39 is 0 Å². The first-order chi connectivity index (χ1) is 17.5. The molecule has 5 aromatic rings. The first kappa shape index (κ1) is 22.9. The molecule has 1 atom stereocenters. The Morgan fingerprint density at radius 1 is 1.00 bits per heavy atom. The van der Waals surface area contributed by atoms with E-state index in [9.17, 15) is 4.79 Å². The maximum Gasteiger partial charge on any atom is 0.264 e. The quantitative estimate of drug-likeness (QED) is 0.335. The second-order valence-electron chi connectivity index (χ2n) is 8.47. The minimum absolute atomic E-state index is 0.174. The molecule has 0 saturated carbocycles. The monoisotopic (exact) mass is 473 g/mol. The van der Waals surface area contributed by atoms with Crippen LogP contribution in [0.2, 0.25) is 0 Å². The molecule has 0 bridgehead atoms. The van der Waals surface area contributed by atoms with Gasteiger partial charge in [0.15, 0.2) is 5.82 Å². The lowest BCUT2D eigenvalue weighted by molar-refractivity contribution is 0.772. The van der Waals surface area contributed by atoms with Gasteiger partial charge < -0.3 is 5.32 Å². The van der Waals surface area contributed by atoms with Gasteiger partial charge in [0.2, 0.25) is 5.69 Å². The third-order valence-electron chi connectivity index (χ3n) is 5.93. The van der Waals surface area contributed by atoms with E-state index in [0.717, 1.165) is 22.5 Å². The zero-order valence-corrected chi connectivity index (χ0v) is 20.1. The fraction of sp³-hybridized carbons (Fsp3) is 0.143. The second kappa shape index (κ2) is 9.39. The number of aromatic nitrogens is 5. The van der Waals surface area contributed by atoms with Crippen molar-refractivity contribution in [2.75, 3.05) is 5.32 Å². The van der Waals surface area contributed by atoms with Crippen LogP contribution in [0, 0.1) is 20.4 Å². The molecule has 36 heavy (non-hydrogen) atoms. The summed E-state index contributed by atoms with van der Waals surface area (Å²) in [6, 6.07) is 18.7. The number of hydrogen-bond acceptors (Lipinski definition) is 6. The maximum atomic E-state index is 14.2. The summed E-state index contributed by atoms with van der Waals surface area (Å²) in [6.07, 6.45) is 3.20. The van der Waals surface area contributed by atoms with Crippen LogP contribution in [0.5, 0.6) is 0 Å². The molecule has 2 aromatic carbocycles. The molecular formula is C28H23N7O. The SMILES string of the molecule is [C-]#[N+]c1cnc(C)nc1N[C@@H](C)c1cc2cccc(-c3nccc(C)n3)c2c(=O)n1-c1ccccc1. The van der Waals surface area contributed by atoms with Gasteiger partial charge in [-0.15, -0.1) is 0 Å². The van der Waals surface area contributed by atoms with Crippen LogP contribution in [0.3, 0.4) is 0 Å². The van der Waals surface area contributed by atoms with Crippen molar-refractivity contribution in [3.63, 3.8) is 0 Å². The Labute approximate surface area is 208 Å². The number of pyridine rings is 1. The van der Waals surface area contributed by atoms with E-state index in [2.05, 4.69) is 30.1 Å². The molecule has 3 heterocycles. The molecule has 0 amide bonds. The van der Waals surface area contributed by atoms with Crippen LogP contribution in [0.4, 0.5) is 11.5 Å². The minimum atomic E-state index is -0.351. The summed E-state index contributed by atoms with van der Waals surface area (Å²) >= 11 is 0. The highest BCUT2D eigenvalue weighted by Crippen LogP contribution is 2.30. The molecule has 0 fully saturated rings. The van der Waals surface area contributed by atoms with Gasteiger partial charge in [0, 0.05) is 35.0 Å². The van der Waals surface area contributed by atoms with E-state index >= 15 is 0 Å². The van der Waals surface area contributed by atoms with Crippen molar-refractivity contribution in [2.24, 2.45) is 0 Å². The van der Waals surface area contributed by atoms with Crippen molar-refractivity contribution in [1.29, 1.82) is 0 Å². The van der Waals surface area contributed by atoms with Crippen molar-refractivity contribution in [2.45, 2.75) is 26.8 Å². The van der Waals surface area contributed by atoms with Gasteiger partial charge in [0.05, 0.1) is 18.0 Å². The predicted octanol–water partition coefficient (Wildman–Crippen LogP) is 5.58. The van der Waals surface area contributed by atoms with Crippen LogP contribution < -0.4 is 10.9 Å². The first-order valence-corrected chi connectivity index (χ1v) is 11.5. The predicted molar refractivity (Wildman–Crippen MR) is 140 cm³/mol. The molecule has 0 aliphatic rings. The van der Waals surface area contributed by atoms with Gasteiger partial charge in [-0.1, -0.05) is 36.4 Å². The van der Waals surface area contributed by atoms with Gasteiger partial charge in [0.1, 0.15) is 11.6 Å². The maximum absolute atomic E-state index is 14.2. The summed E-state index contributed by atoms with van der Waals surface area (Å²) in [7, 11) is 0. The third kappa shape index (κ3) is 4.18. The van der Waals surface area contributed by atoms with Crippen LogP contribution in [0.1, 0.15) is 30.2 Å². The van der Waals surface area contributed by atoms with E-state index in [1.807, 2.05) is 74.5 Å². The van der Waals surface area contributed by atoms with Gasteiger partial charge in [-0.25, -0.2) is 19.8 Å². The minimum Gasteiger partial charge on any atom is -0.371 e. The number of rotatable bonds is 5. The standard InChI is InChI=1S/C28H23N7O/c1-17-13-14-30-26(32-17)22-12-8-9-20-15-24(18(2)33-27-23(29-4)16-31-19(3)34-27)35(28(36)25(20)22)21-10-6-5-7-11-21/h5-16,18H,1-3H3,(H,31,33,34)/t18-/m0/s1. The highest BCUT2D eigenvalue weighted by molar-refractivity contribution is 5.95. The number of benzene rings is 2. The molecule has 0 spiro atoms. The van der Waals surface area contributed by atoms with Crippen molar-refractivity contribution in [3.8, 4) is 17.1 Å². The summed E-state index contributed by atoms with van der Waals surface area (Å²) in [6.45, 7) is 13.1. The Balaban J connectivity index is 1.75. The number of fused-ring (bicyclic) bond motifs is 1. The molecule has 8 heteroatoms. The molecule has 1 N–H and O–H groups in total. The molecule has 5 rings (SSSR count). The van der Waals surface area contributed by atoms with Gasteiger partial charge in [-0.05, 0) is 50.4 Å². The molecule has 8 nitrogen and oxygen atoms in total.